The number of hydrogen-bond acceptors (Lipinski definition) is 0. The summed E-state index contributed by atoms with van der Waals surface area (Å²) in [5.74, 6) is 0.708. The summed E-state index contributed by atoms with van der Waals surface area (Å²) in [5.41, 5.74) is 11.4. The summed E-state index contributed by atoms with van der Waals surface area (Å²) >= 11 is 3.26. The van der Waals surface area contributed by atoms with Crippen LogP contribution in [0.4, 0.5) is 0 Å². The van der Waals surface area contributed by atoms with Crippen molar-refractivity contribution in [1.82, 2.24) is 0 Å². The van der Waals surface area contributed by atoms with E-state index >= 15 is 0 Å². The average molecular weight is 680 g/mol. The zero-order valence-corrected chi connectivity index (χ0v) is 25.2. The van der Waals surface area contributed by atoms with Crippen LogP contribution >= 0.6 is 36.1 Å². The third-order valence-corrected chi connectivity index (χ3v) is 35.7. The second-order valence-electron chi connectivity index (χ2n) is 9.23. The van der Waals surface area contributed by atoms with Gasteiger partial charge < -0.3 is 0 Å². The zero-order valence-electron chi connectivity index (χ0n) is 18.4. The van der Waals surface area contributed by atoms with Gasteiger partial charge in [0.1, 0.15) is 0 Å². The van der Waals surface area contributed by atoms with Gasteiger partial charge in [-0.05, 0) is 0 Å². The summed E-state index contributed by atoms with van der Waals surface area (Å²) in [7, 11) is 0. The van der Waals surface area contributed by atoms with E-state index in [-0.39, 0.29) is 3.12 Å². The molecule has 1 aromatic carbocycles. The molecular weight excluding hydrogens is 645 g/mol. The Kier molecular flexibility index (Phi) is 7.31. The predicted molar refractivity (Wildman–Crippen MR) is 139 cm³/mol. The van der Waals surface area contributed by atoms with E-state index in [9.17, 15) is 0 Å². The van der Waals surface area contributed by atoms with Crippen molar-refractivity contribution in [3.8, 4) is 0 Å². The Morgan fingerprint density at radius 1 is 1.07 bits per heavy atom. The molecule has 0 amide bonds. The number of rotatable bonds is 6. The van der Waals surface area contributed by atoms with Crippen molar-refractivity contribution in [2.45, 2.75) is 74.5 Å². The van der Waals surface area contributed by atoms with Crippen LogP contribution in [0.2, 0.25) is 3.12 Å². The fraction of sp³-hybridized carbons (Fsp3) is 0.520. The Morgan fingerprint density at radius 3 is 2.32 bits per heavy atom. The molecule has 0 radical (unpaired) electrons. The second-order valence-corrected chi connectivity index (χ2v) is 48.5. The number of allylic oxidation sites excluding steroid dienone is 5. The summed E-state index contributed by atoms with van der Waals surface area (Å²) < 4.78 is 0.956. The summed E-state index contributed by atoms with van der Waals surface area (Å²) in [6.07, 6.45) is 6.27. The number of hydrogen-bond donors (Lipinski definition) is 0. The van der Waals surface area contributed by atoms with Crippen molar-refractivity contribution in [2.75, 3.05) is 0 Å². The first-order valence-electron chi connectivity index (χ1n) is 10.6. The first-order chi connectivity index (χ1) is 13.1. The molecule has 3 rings (SSSR count). The Bertz CT molecular complexity index is 872. The molecule has 2 unspecified atom stereocenters. The summed E-state index contributed by atoms with van der Waals surface area (Å²) in [4.78, 5) is 0. The molecule has 1 aromatic rings. The quantitative estimate of drug-likeness (QED) is 0.263. The molecule has 0 saturated heterocycles. The van der Waals surface area contributed by atoms with Gasteiger partial charge in [0.2, 0.25) is 0 Å². The van der Waals surface area contributed by atoms with Crippen molar-refractivity contribution in [2.24, 2.45) is 5.92 Å². The summed E-state index contributed by atoms with van der Waals surface area (Å²) in [6, 6.07) is 9.23. The second kappa shape index (κ2) is 8.73. The maximum atomic E-state index is 3.03. The Labute approximate surface area is 195 Å². The Morgan fingerprint density at radius 2 is 1.71 bits per heavy atom. The number of halogens is 2. The first kappa shape index (κ1) is 23.4. The first-order valence-corrected chi connectivity index (χ1v) is 27.9. The van der Waals surface area contributed by atoms with Crippen molar-refractivity contribution >= 4 is 42.2 Å². The van der Waals surface area contributed by atoms with Gasteiger partial charge in [0.05, 0.1) is 0 Å². The summed E-state index contributed by atoms with van der Waals surface area (Å²) in [6.45, 7) is 16.9. The third-order valence-electron chi connectivity index (χ3n) is 7.12. The van der Waals surface area contributed by atoms with Crippen LogP contribution in [0.25, 0.3) is 6.08 Å². The molecule has 0 saturated carbocycles. The molecule has 0 spiro atoms. The molecule has 0 heterocycles. The van der Waals surface area contributed by atoms with E-state index < -0.39 is 11.9 Å². The Hall–Kier alpha value is 0.783. The van der Waals surface area contributed by atoms with E-state index in [0.717, 1.165) is 0 Å². The van der Waals surface area contributed by atoms with Crippen LogP contribution < -0.4 is 0 Å². The molecule has 0 N–H and O–H groups in total. The van der Waals surface area contributed by atoms with E-state index in [1.54, 1.807) is 33.4 Å². The molecule has 0 aromatic heterocycles. The predicted octanol–water partition coefficient (Wildman–Crippen LogP) is 9.67. The van der Waals surface area contributed by atoms with Gasteiger partial charge in [0.25, 0.3) is 0 Å². The van der Waals surface area contributed by atoms with Crippen LogP contribution in [0.1, 0.15) is 82.5 Å². The molecule has 3 heteroatoms. The van der Waals surface area contributed by atoms with Gasteiger partial charge in [0.15, 0.2) is 0 Å². The van der Waals surface area contributed by atoms with Crippen molar-refractivity contribution in [1.29, 1.82) is 0 Å². The van der Waals surface area contributed by atoms with E-state index in [4.69, 9.17) is 0 Å². The minimum absolute atomic E-state index is 0.290. The van der Waals surface area contributed by atoms with Gasteiger partial charge in [-0.15, -0.1) is 0 Å². The molecule has 152 valence electrons. The van der Waals surface area contributed by atoms with Gasteiger partial charge in [-0.2, -0.15) is 0 Å². The van der Waals surface area contributed by atoms with E-state index in [0.29, 0.717) is 9.54 Å². The van der Waals surface area contributed by atoms with Crippen LogP contribution in [0.5, 0.6) is 0 Å². The molecule has 28 heavy (non-hydrogen) atoms. The minimum atomic E-state index is -2.80. The zero-order chi connectivity index (χ0) is 20.9. The van der Waals surface area contributed by atoms with Crippen LogP contribution in [-0.2, 0) is 11.9 Å². The molecule has 2 aliphatic rings. The van der Waals surface area contributed by atoms with Crippen LogP contribution in [0, 0.1) is 5.92 Å². The monoisotopic (exact) mass is 678 g/mol. The van der Waals surface area contributed by atoms with Gasteiger partial charge >= 0.3 is 198 Å². The normalized spacial score (nSPS) is 25.1. The van der Waals surface area contributed by atoms with Gasteiger partial charge in [-0.25, -0.2) is 0 Å². The molecule has 0 aliphatic heterocycles. The molecular formula is C25H34I2Zr. The molecule has 0 nitrogen and oxygen atoms in total. The van der Waals surface area contributed by atoms with E-state index in [1.165, 1.54) is 24.8 Å². The van der Waals surface area contributed by atoms with E-state index in [1.807, 2.05) is 0 Å². The topological polar surface area (TPSA) is 0 Å². The average Bonchev–Trinajstić information content (AvgIpc) is 3.07. The standard InChI is InChI=1S/C13H15.C12H19.2HI.Zr/c1-10(2)7-11-8-12-5-3-4-6-13(12)9-11;1-6-7-12-10(4)8(2)9(3)11(12)5;;;/h3-6,8-10H,7H2,1-2H3;6-7H2,1-5H3;2*1H;/q;;;;+2/p-2. The van der Waals surface area contributed by atoms with Crippen LogP contribution in [-0.4, -0.2) is 0 Å². The maximum absolute atomic E-state index is 3.03. The number of fused-ring (bicyclic) bond motifs is 1. The van der Waals surface area contributed by atoms with Crippen LogP contribution in [0.3, 0.4) is 0 Å². The van der Waals surface area contributed by atoms with Crippen molar-refractivity contribution in [3.05, 3.63) is 63.3 Å². The van der Waals surface area contributed by atoms with Crippen molar-refractivity contribution < 1.29 is 11.9 Å². The molecule has 0 fully saturated rings. The van der Waals surface area contributed by atoms with E-state index in [2.05, 4.69) is 115 Å². The molecule has 2 aliphatic carbocycles. The van der Waals surface area contributed by atoms with Gasteiger partial charge in [0, 0.05) is 0 Å². The fourth-order valence-corrected chi connectivity index (χ4v) is 30.8. The SMILES string of the molecule is CCCC1=C(C)C(C)=C(C)[C]1(C)[Zr]([I])([I])[CH]1C(CC(C)C)=Cc2ccccc21. The van der Waals surface area contributed by atoms with Crippen molar-refractivity contribution in [3.63, 3.8) is 0 Å². The molecule has 2 atom stereocenters. The Balaban J connectivity index is 2.19. The fourth-order valence-electron chi connectivity index (χ4n) is 5.38. The van der Waals surface area contributed by atoms with Crippen LogP contribution in [0.15, 0.2) is 52.1 Å². The number of benzene rings is 1. The molecule has 0 bridgehead atoms. The van der Waals surface area contributed by atoms with Gasteiger partial charge in [-0.1, -0.05) is 0 Å². The van der Waals surface area contributed by atoms with Gasteiger partial charge in [-0.3, -0.25) is 0 Å². The third kappa shape index (κ3) is 3.66. The summed E-state index contributed by atoms with van der Waals surface area (Å²) in [5, 5.41) is 0.